The van der Waals surface area contributed by atoms with Crippen LogP contribution in [0.2, 0.25) is 5.02 Å². The van der Waals surface area contributed by atoms with Gasteiger partial charge in [-0.15, -0.1) is 0 Å². The molecule has 6 heteroatoms. The molecule has 0 aliphatic carbocycles. The maximum Gasteiger partial charge on any atom is 0.251 e. The van der Waals surface area contributed by atoms with E-state index >= 15 is 0 Å². The van der Waals surface area contributed by atoms with Gasteiger partial charge in [0.25, 0.3) is 5.91 Å². The highest BCUT2D eigenvalue weighted by Crippen LogP contribution is 2.16. The smallest absolute Gasteiger partial charge is 0.251 e. The number of nitrogens with one attached hydrogen (secondary N) is 2. The molecule has 0 fully saturated rings. The van der Waals surface area contributed by atoms with E-state index in [2.05, 4.69) is 10.6 Å². The highest BCUT2D eigenvalue weighted by molar-refractivity contribution is 6.31. The number of halogens is 1. The number of rotatable bonds is 6. The van der Waals surface area contributed by atoms with E-state index in [4.69, 9.17) is 17.3 Å². The highest BCUT2D eigenvalue weighted by atomic mass is 35.5. The maximum atomic E-state index is 11.9. The Morgan fingerprint density at radius 3 is 2.65 bits per heavy atom. The summed E-state index contributed by atoms with van der Waals surface area (Å²) in [6, 6.07) is 4.79. The summed E-state index contributed by atoms with van der Waals surface area (Å²) < 4.78 is 0. The molecule has 2 amide bonds. The molecule has 20 heavy (non-hydrogen) atoms. The molecule has 4 N–H and O–H groups in total. The molecule has 0 heterocycles. The summed E-state index contributed by atoms with van der Waals surface area (Å²) in [5.41, 5.74) is 6.43. The third-order valence-corrected chi connectivity index (χ3v) is 3.06. The van der Waals surface area contributed by atoms with Gasteiger partial charge in [-0.25, -0.2) is 0 Å². The van der Waals surface area contributed by atoms with E-state index < -0.39 is 0 Å². The summed E-state index contributed by atoms with van der Waals surface area (Å²) in [6.45, 7) is 4.20. The minimum Gasteiger partial charge on any atom is -0.399 e. The molecule has 0 bridgehead atoms. The van der Waals surface area contributed by atoms with Crippen LogP contribution in [0.15, 0.2) is 18.2 Å². The number of hydrogen-bond acceptors (Lipinski definition) is 3. The summed E-state index contributed by atoms with van der Waals surface area (Å²) in [4.78, 5) is 23.4. The predicted molar refractivity (Wildman–Crippen MR) is 80.7 cm³/mol. The van der Waals surface area contributed by atoms with Crippen LogP contribution in [-0.2, 0) is 4.79 Å². The first-order valence-electron chi connectivity index (χ1n) is 6.56. The van der Waals surface area contributed by atoms with Gasteiger partial charge < -0.3 is 16.4 Å². The Labute approximate surface area is 123 Å². The van der Waals surface area contributed by atoms with Crippen molar-refractivity contribution in [3.63, 3.8) is 0 Å². The van der Waals surface area contributed by atoms with E-state index in [1.165, 1.54) is 6.07 Å². The van der Waals surface area contributed by atoms with Crippen molar-refractivity contribution in [1.29, 1.82) is 0 Å². The molecule has 0 aromatic heterocycles. The maximum absolute atomic E-state index is 11.9. The van der Waals surface area contributed by atoms with Crippen LogP contribution in [0.3, 0.4) is 0 Å². The van der Waals surface area contributed by atoms with Gasteiger partial charge in [-0.3, -0.25) is 9.59 Å². The zero-order chi connectivity index (χ0) is 15.1. The molecule has 0 saturated carbocycles. The van der Waals surface area contributed by atoms with Gasteiger partial charge >= 0.3 is 0 Å². The molecule has 0 aliphatic rings. The first kappa shape index (κ1) is 16.3. The lowest BCUT2D eigenvalue weighted by atomic mass is 10.2. The third kappa shape index (κ3) is 5.48. The Hall–Kier alpha value is -1.75. The van der Waals surface area contributed by atoms with Crippen LogP contribution in [0, 0.1) is 0 Å². The molecule has 1 unspecified atom stereocenters. The second kappa shape index (κ2) is 7.75. The fourth-order valence-electron chi connectivity index (χ4n) is 1.58. The van der Waals surface area contributed by atoms with Gasteiger partial charge in [0, 0.05) is 35.3 Å². The molecule has 1 aromatic carbocycles. The van der Waals surface area contributed by atoms with Crippen molar-refractivity contribution in [3.05, 3.63) is 28.8 Å². The van der Waals surface area contributed by atoms with Crippen LogP contribution >= 0.6 is 11.6 Å². The van der Waals surface area contributed by atoms with E-state index in [0.717, 1.165) is 6.42 Å². The number of amides is 2. The fraction of sp³-hybridized carbons (Fsp3) is 0.429. The first-order chi connectivity index (χ1) is 9.42. The van der Waals surface area contributed by atoms with Crippen LogP contribution in [0.5, 0.6) is 0 Å². The summed E-state index contributed by atoms with van der Waals surface area (Å²) in [7, 11) is 0. The Kier molecular flexibility index (Phi) is 6.31. The summed E-state index contributed by atoms with van der Waals surface area (Å²) in [5, 5.41) is 5.90. The minimum absolute atomic E-state index is 0.0785. The topological polar surface area (TPSA) is 84.2 Å². The molecule has 0 saturated heterocycles. The highest BCUT2D eigenvalue weighted by Gasteiger charge is 2.09. The van der Waals surface area contributed by atoms with Crippen molar-refractivity contribution in [3.8, 4) is 0 Å². The van der Waals surface area contributed by atoms with Crippen LogP contribution < -0.4 is 16.4 Å². The summed E-state index contributed by atoms with van der Waals surface area (Å²) >= 11 is 5.83. The second-order valence-corrected chi connectivity index (χ2v) is 5.09. The summed E-state index contributed by atoms with van der Waals surface area (Å²) in [6.07, 6.45) is 1.12. The zero-order valence-electron chi connectivity index (χ0n) is 11.7. The number of carbonyl (C=O) groups is 2. The molecule has 0 spiro atoms. The van der Waals surface area contributed by atoms with Crippen LogP contribution in [0.25, 0.3) is 0 Å². The van der Waals surface area contributed by atoms with Crippen molar-refractivity contribution in [2.75, 3.05) is 12.3 Å². The van der Waals surface area contributed by atoms with Gasteiger partial charge in [0.1, 0.15) is 0 Å². The van der Waals surface area contributed by atoms with Crippen LogP contribution in [0.1, 0.15) is 37.0 Å². The van der Waals surface area contributed by atoms with Gasteiger partial charge in [0.2, 0.25) is 5.91 Å². The normalized spacial score (nSPS) is 11.8. The van der Waals surface area contributed by atoms with E-state index in [1.807, 2.05) is 13.8 Å². The number of nitrogen functional groups attached to an aromatic ring is 1. The van der Waals surface area contributed by atoms with Crippen LogP contribution in [0.4, 0.5) is 5.69 Å². The molecule has 1 rings (SSSR count). The average Bonchev–Trinajstić information content (AvgIpc) is 2.37. The van der Waals surface area contributed by atoms with E-state index in [0.29, 0.717) is 16.3 Å². The Balaban J connectivity index is 2.42. The Morgan fingerprint density at radius 2 is 2.05 bits per heavy atom. The molecule has 1 atom stereocenters. The van der Waals surface area contributed by atoms with Crippen LogP contribution in [-0.4, -0.2) is 24.4 Å². The van der Waals surface area contributed by atoms with Gasteiger partial charge in [-0.2, -0.15) is 0 Å². The lowest BCUT2D eigenvalue weighted by molar-refractivity contribution is -0.121. The quantitative estimate of drug-likeness (QED) is 0.702. The van der Waals surface area contributed by atoms with Crippen molar-refractivity contribution >= 4 is 29.1 Å². The van der Waals surface area contributed by atoms with Crippen molar-refractivity contribution in [2.24, 2.45) is 0 Å². The molecular formula is C14H20ClN3O2. The van der Waals surface area contributed by atoms with Gasteiger partial charge in [0.05, 0.1) is 0 Å². The third-order valence-electron chi connectivity index (χ3n) is 2.84. The number of hydrogen-bond donors (Lipinski definition) is 3. The largest absolute Gasteiger partial charge is 0.399 e. The molecule has 0 radical (unpaired) electrons. The number of anilines is 1. The molecular weight excluding hydrogens is 278 g/mol. The monoisotopic (exact) mass is 297 g/mol. The lowest BCUT2D eigenvalue weighted by Crippen LogP contribution is -2.35. The molecule has 1 aromatic rings. The van der Waals surface area contributed by atoms with Crippen molar-refractivity contribution in [2.45, 2.75) is 32.7 Å². The average molecular weight is 298 g/mol. The number of nitrogens with two attached hydrogens (primary N) is 1. The predicted octanol–water partition coefficient (Wildman–Crippen LogP) is 1.96. The molecule has 0 aliphatic heterocycles. The Morgan fingerprint density at radius 1 is 1.35 bits per heavy atom. The number of carbonyl (C=O) groups excluding carboxylic acids is 2. The fourth-order valence-corrected chi connectivity index (χ4v) is 1.83. The zero-order valence-corrected chi connectivity index (χ0v) is 12.5. The van der Waals surface area contributed by atoms with Gasteiger partial charge in [-0.05, 0) is 31.5 Å². The lowest BCUT2D eigenvalue weighted by Gasteiger charge is -2.11. The summed E-state index contributed by atoms with van der Waals surface area (Å²) in [5.74, 6) is -0.374. The standard InChI is InChI=1S/C14H20ClN3O2/c1-3-9(2)18-13(19)4-5-17-14(20)10-6-11(15)8-12(16)7-10/h6-9H,3-5,16H2,1-2H3,(H,17,20)(H,18,19). The van der Waals surface area contributed by atoms with Crippen molar-refractivity contribution in [1.82, 2.24) is 10.6 Å². The van der Waals surface area contributed by atoms with E-state index in [-0.39, 0.29) is 30.8 Å². The van der Waals surface area contributed by atoms with E-state index in [9.17, 15) is 9.59 Å². The number of benzene rings is 1. The van der Waals surface area contributed by atoms with Gasteiger partial charge in [-0.1, -0.05) is 18.5 Å². The Bertz CT molecular complexity index is 471. The molecule has 5 nitrogen and oxygen atoms in total. The minimum atomic E-state index is -0.296. The second-order valence-electron chi connectivity index (χ2n) is 4.66. The van der Waals surface area contributed by atoms with Gasteiger partial charge in [0.15, 0.2) is 0 Å². The molecule has 110 valence electrons. The van der Waals surface area contributed by atoms with E-state index in [1.54, 1.807) is 12.1 Å². The van der Waals surface area contributed by atoms with Crippen molar-refractivity contribution < 1.29 is 9.59 Å². The SMILES string of the molecule is CCC(C)NC(=O)CCNC(=O)c1cc(N)cc(Cl)c1. The first-order valence-corrected chi connectivity index (χ1v) is 6.93.